The van der Waals surface area contributed by atoms with Crippen LogP contribution in [0.2, 0.25) is 0 Å². The van der Waals surface area contributed by atoms with Crippen LogP contribution in [-0.4, -0.2) is 62.3 Å². The first-order valence-corrected chi connectivity index (χ1v) is 14.0. The first-order chi connectivity index (χ1) is 19.9. The molecule has 4 aromatic rings. The second-order valence-electron chi connectivity index (χ2n) is 10.9. The Bertz CT molecular complexity index is 1640. The van der Waals surface area contributed by atoms with Crippen LogP contribution in [0.4, 0.5) is 17.3 Å². The first-order valence-electron chi connectivity index (χ1n) is 14.0. The molecule has 0 radical (unpaired) electrons. The SMILES string of the molecule is CC(C)n1c2nc(Nc3cc(N[C@H](CO)c4ccccc4)c(C4=NC5(CCOCC5)CO4)cn3)ccc2c(=O)n1C. The van der Waals surface area contributed by atoms with E-state index >= 15 is 0 Å². The van der Waals surface area contributed by atoms with Crippen LogP contribution in [0.25, 0.3) is 11.0 Å². The van der Waals surface area contributed by atoms with E-state index in [9.17, 15) is 9.90 Å². The first kappa shape index (κ1) is 27.0. The third-order valence-electron chi connectivity index (χ3n) is 7.77. The van der Waals surface area contributed by atoms with Gasteiger partial charge >= 0.3 is 0 Å². The summed E-state index contributed by atoms with van der Waals surface area (Å²) in [6.07, 6.45) is 3.35. The maximum atomic E-state index is 12.7. The number of aliphatic imine (C=N–C) groups is 1. The molecular weight excluding hydrogens is 522 g/mol. The molecule has 3 N–H and O–H groups in total. The van der Waals surface area contributed by atoms with E-state index in [1.165, 1.54) is 0 Å². The van der Waals surface area contributed by atoms with Crippen LogP contribution in [-0.2, 0) is 16.5 Å². The molecule has 11 nitrogen and oxygen atoms in total. The van der Waals surface area contributed by atoms with E-state index in [0.717, 1.165) is 18.4 Å². The van der Waals surface area contributed by atoms with Gasteiger partial charge in [-0.3, -0.25) is 14.2 Å². The summed E-state index contributed by atoms with van der Waals surface area (Å²) in [5.41, 5.74) is 2.62. The summed E-state index contributed by atoms with van der Waals surface area (Å²) >= 11 is 0. The van der Waals surface area contributed by atoms with Gasteiger partial charge in [-0.25, -0.2) is 15.0 Å². The van der Waals surface area contributed by atoms with Crippen molar-refractivity contribution in [2.75, 3.05) is 37.1 Å². The molecule has 6 rings (SSSR count). The predicted molar refractivity (Wildman–Crippen MR) is 158 cm³/mol. The molecule has 3 aromatic heterocycles. The lowest BCUT2D eigenvalue weighted by Crippen LogP contribution is -2.35. The van der Waals surface area contributed by atoms with Crippen molar-refractivity contribution >= 4 is 34.3 Å². The topological polar surface area (TPSA) is 128 Å². The normalized spacial score (nSPS) is 17.0. The van der Waals surface area contributed by atoms with Gasteiger partial charge in [0, 0.05) is 38.6 Å². The Kier molecular flexibility index (Phi) is 7.22. The maximum absolute atomic E-state index is 12.7. The van der Waals surface area contributed by atoms with Gasteiger partial charge in [-0.05, 0) is 44.4 Å². The molecule has 1 atom stereocenters. The third-order valence-corrected chi connectivity index (χ3v) is 7.77. The van der Waals surface area contributed by atoms with Crippen LogP contribution in [0.15, 0.2) is 64.5 Å². The number of benzene rings is 1. The molecule has 5 heterocycles. The van der Waals surface area contributed by atoms with Gasteiger partial charge in [-0.1, -0.05) is 30.3 Å². The molecule has 0 aliphatic carbocycles. The summed E-state index contributed by atoms with van der Waals surface area (Å²) in [5.74, 6) is 1.63. The van der Waals surface area contributed by atoms with Crippen molar-refractivity contribution in [3.63, 3.8) is 0 Å². The van der Waals surface area contributed by atoms with Crippen LogP contribution < -0.4 is 16.2 Å². The van der Waals surface area contributed by atoms with Crippen LogP contribution in [0.1, 0.15) is 49.9 Å². The number of rotatable bonds is 8. The average Bonchev–Trinajstić information content (AvgIpc) is 3.50. The number of hydrogen-bond donors (Lipinski definition) is 3. The zero-order valence-corrected chi connectivity index (χ0v) is 23.5. The molecule has 0 saturated carbocycles. The molecule has 0 bridgehead atoms. The van der Waals surface area contributed by atoms with Crippen LogP contribution in [0.5, 0.6) is 0 Å². The lowest BCUT2D eigenvalue weighted by Gasteiger charge is -2.28. The second kappa shape index (κ2) is 11.0. The highest BCUT2D eigenvalue weighted by molar-refractivity contribution is 6.01. The number of nitrogens with zero attached hydrogens (tertiary/aromatic N) is 5. The largest absolute Gasteiger partial charge is 0.475 e. The molecule has 1 saturated heterocycles. The zero-order chi connectivity index (χ0) is 28.6. The fourth-order valence-electron chi connectivity index (χ4n) is 5.55. The predicted octanol–water partition coefficient (Wildman–Crippen LogP) is 3.93. The summed E-state index contributed by atoms with van der Waals surface area (Å²) in [6.45, 7) is 5.75. The lowest BCUT2D eigenvalue weighted by atomic mass is 9.92. The average molecular weight is 558 g/mol. The molecule has 214 valence electrons. The van der Waals surface area contributed by atoms with E-state index in [0.29, 0.717) is 59.6 Å². The van der Waals surface area contributed by atoms with Crippen molar-refractivity contribution in [3.8, 4) is 0 Å². The molecule has 2 aliphatic rings. The quantitative estimate of drug-likeness (QED) is 0.297. The summed E-state index contributed by atoms with van der Waals surface area (Å²) < 4.78 is 15.2. The van der Waals surface area contributed by atoms with E-state index in [-0.39, 0.29) is 29.8 Å². The van der Waals surface area contributed by atoms with Gasteiger partial charge in [0.1, 0.15) is 23.8 Å². The number of ether oxygens (including phenoxy) is 2. The highest BCUT2D eigenvalue weighted by Gasteiger charge is 2.39. The molecule has 2 aliphatic heterocycles. The van der Waals surface area contributed by atoms with Gasteiger partial charge in [0.15, 0.2) is 5.65 Å². The number of aromatic nitrogens is 4. The molecule has 1 aromatic carbocycles. The number of pyridine rings is 2. The Morgan fingerprint density at radius 3 is 2.61 bits per heavy atom. The van der Waals surface area contributed by atoms with Gasteiger partial charge in [0.2, 0.25) is 5.90 Å². The van der Waals surface area contributed by atoms with Gasteiger partial charge in [-0.2, -0.15) is 0 Å². The summed E-state index contributed by atoms with van der Waals surface area (Å²) in [4.78, 5) is 27.1. The molecule has 1 spiro atoms. The van der Waals surface area contributed by atoms with Gasteiger partial charge in [0.05, 0.1) is 29.3 Å². The van der Waals surface area contributed by atoms with Gasteiger partial charge in [0.25, 0.3) is 5.56 Å². The monoisotopic (exact) mass is 557 g/mol. The highest BCUT2D eigenvalue weighted by Crippen LogP contribution is 2.34. The minimum atomic E-state index is -0.358. The van der Waals surface area contributed by atoms with Crippen LogP contribution in [0, 0.1) is 0 Å². The maximum Gasteiger partial charge on any atom is 0.275 e. The number of hydrogen-bond acceptors (Lipinski definition) is 9. The third kappa shape index (κ3) is 5.18. The van der Waals surface area contributed by atoms with Crippen molar-refractivity contribution in [2.24, 2.45) is 12.0 Å². The molecule has 0 amide bonds. The Balaban J connectivity index is 1.37. The Hall–Kier alpha value is -4.22. The van der Waals surface area contributed by atoms with E-state index in [4.69, 9.17) is 19.5 Å². The fraction of sp³-hybridized carbons (Fsp3) is 0.400. The van der Waals surface area contributed by atoms with Crippen LogP contribution in [0.3, 0.4) is 0 Å². The van der Waals surface area contributed by atoms with Gasteiger partial charge in [-0.15, -0.1) is 0 Å². The Labute approximate surface area is 237 Å². The number of nitrogens with one attached hydrogen (secondary N) is 2. The fourth-order valence-corrected chi connectivity index (χ4v) is 5.55. The lowest BCUT2D eigenvalue weighted by molar-refractivity contribution is 0.0442. The number of anilines is 3. The summed E-state index contributed by atoms with van der Waals surface area (Å²) in [5, 5.41) is 17.6. The summed E-state index contributed by atoms with van der Waals surface area (Å²) in [6, 6.07) is 14.9. The molecule has 1 fully saturated rings. The zero-order valence-electron chi connectivity index (χ0n) is 23.5. The highest BCUT2D eigenvalue weighted by atomic mass is 16.5. The van der Waals surface area contributed by atoms with Crippen molar-refractivity contribution in [2.45, 2.75) is 44.3 Å². The van der Waals surface area contributed by atoms with E-state index in [2.05, 4.69) is 15.6 Å². The minimum absolute atomic E-state index is 0.0563. The Morgan fingerprint density at radius 2 is 1.88 bits per heavy atom. The van der Waals surface area contributed by atoms with E-state index in [1.807, 2.05) is 54.9 Å². The van der Waals surface area contributed by atoms with Crippen molar-refractivity contribution in [1.82, 2.24) is 19.3 Å². The Morgan fingerprint density at radius 1 is 1.10 bits per heavy atom. The van der Waals surface area contributed by atoms with Crippen molar-refractivity contribution in [1.29, 1.82) is 0 Å². The number of aliphatic hydroxyl groups excluding tert-OH is 1. The number of aliphatic hydroxyl groups is 1. The van der Waals surface area contributed by atoms with E-state index < -0.39 is 0 Å². The molecular formula is C30H35N7O4. The summed E-state index contributed by atoms with van der Waals surface area (Å²) in [7, 11) is 1.75. The number of fused-ring (bicyclic) bond motifs is 1. The molecule has 41 heavy (non-hydrogen) atoms. The molecule has 11 heteroatoms. The van der Waals surface area contributed by atoms with E-state index in [1.54, 1.807) is 30.1 Å². The smallest absolute Gasteiger partial charge is 0.275 e. The van der Waals surface area contributed by atoms with Crippen molar-refractivity contribution in [3.05, 3.63) is 76.2 Å². The second-order valence-corrected chi connectivity index (χ2v) is 10.9. The standard InChI is InChI=1S/C30H35N7O4/c1-19(2)37-27-21(29(39)36(37)3)9-10-25(34-27)33-26-15-23(32-24(17-38)20-7-5-4-6-8-20)22(16-31-26)28-35-30(18-41-28)11-13-40-14-12-30/h4-10,15-16,19,24,38H,11-14,17-18H2,1-3H3,(H2,31,32,33,34)/t24-/m1/s1. The minimum Gasteiger partial charge on any atom is -0.475 e. The van der Waals surface area contributed by atoms with Crippen molar-refractivity contribution < 1.29 is 14.6 Å². The molecule has 0 unspecified atom stereocenters. The van der Waals surface area contributed by atoms with Crippen LogP contribution >= 0.6 is 0 Å². The van der Waals surface area contributed by atoms with Gasteiger partial charge < -0.3 is 25.2 Å².